The average Bonchev–Trinajstić information content (AvgIpc) is 3.14. The lowest BCUT2D eigenvalue weighted by atomic mass is 9.94. The van der Waals surface area contributed by atoms with E-state index < -0.39 is 0 Å². The predicted octanol–water partition coefficient (Wildman–Crippen LogP) is 4.19. The molecule has 4 rings (SSSR count). The first-order valence-electron chi connectivity index (χ1n) is 11.7. The molecule has 6 nitrogen and oxygen atoms in total. The van der Waals surface area contributed by atoms with Crippen molar-refractivity contribution in [1.29, 1.82) is 0 Å². The topological polar surface area (TPSA) is 69.7 Å². The van der Waals surface area contributed by atoms with E-state index in [1.54, 1.807) is 36.4 Å². The number of likely N-dealkylation sites (tertiary alicyclic amines) is 2. The highest BCUT2D eigenvalue weighted by Gasteiger charge is 2.30. The van der Waals surface area contributed by atoms with Crippen molar-refractivity contribution in [1.82, 2.24) is 9.80 Å². The molecule has 0 spiro atoms. The molecule has 3 amide bonds. The number of carbonyl (C=O) groups excluding carboxylic acids is 3. The molecule has 168 valence electrons. The third-order valence-corrected chi connectivity index (χ3v) is 6.47. The standard InChI is InChI=1S/C26H31N3O3/c30-24(20-8-4-3-5-9-20)27-23-12-10-21(11-13-23)25(31)29-18-14-22(15-19-29)26(32)28-16-6-1-2-7-17-28/h3-5,8-13,22H,1-2,6-7,14-19H2,(H,27,30). The molecule has 0 atom stereocenters. The highest BCUT2D eigenvalue weighted by atomic mass is 16.2. The van der Waals surface area contributed by atoms with Gasteiger partial charge in [-0.15, -0.1) is 0 Å². The maximum Gasteiger partial charge on any atom is 0.255 e. The number of amides is 3. The van der Waals surface area contributed by atoms with Gasteiger partial charge in [0, 0.05) is 48.9 Å². The van der Waals surface area contributed by atoms with Crippen LogP contribution < -0.4 is 5.32 Å². The second-order valence-electron chi connectivity index (χ2n) is 8.70. The zero-order valence-electron chi connectivity index (χ0n) is 18.5. The number of piperidine rings is 1. The summed E-state index contributed by atoms with van der Waals surface area (Å²) in [6.45, 7) is 2.97. The third kappa shape index (κ3) is 5.36. The Morgan fingerprint density at radius 1 is 0.688 bits per heavy atom. The van der Waals surface area contributed by atoms with Gasteiger partial charge >= 0.3 is 0 Å². The number of benzene rings is 2. The van der Waals surface area contributed by atoms with Gasteiger partial charge in [-0.25, -0.2) is 0 Å². The van der Waals surface area contributed by atoms with Gasteiger partial charge in [-0.05, 0) is 62.1 Å². The van der Waals surface area contributed by atoms with Crippen LogP contribution in [0, 0.1) is 5.92 Å². The SMILES string of the molecule is O=C(Nc1ccc(C(=O)N2CCC(C(=O)N3CCCCCC3)CC2)cc1)c1ccccc1. The second-order valence-corrected chi connectivity index (χ2v) is 8.70. The van der Waals surface area contributed by atoms with Gasteiger partial charge in [0.1, 0.15) is 0 Å². The molecule has 2 aliphatic heterocycles. The Kier molecular flexibility index (Phi) is 7.20. The summed E-state index contributed by atoms with van der Waals surface area (Å²) in [5.74, 6) is 0.109. The van der Waals surface area contributed by atoms with Crippen molar-refractivity contribution in [2.45, 2.75) is 38.5 Å². The second kappa shape index (κ2) is 10.4. The van der Waals surface area contributed by atoms with Crippen molar-refractivity contribution in [2.24, 2.45) is 5.92 Å². The van der Waals surface area contributed by atoms with Crippen molar-refractivity contribution < 1.29 is 14.4 Å². The van der Waals surface area contributed by atoms with Crippen LogP contribution >= 0.6 is 0 Å². The van der Waals surface area contributed by atoms with Gasteiger partial charge in [0.2, 0.25) is 5.91 Å². The van der Waals surface area contributed by atoms with E-state index in [4.69, 9.17) is 0 Å². The summed E-state index contributed by atoms with van der Waals surface area (Å²) < 4.78 is 0. The van der Waals surface area contributed by atoms with Gasteiger partial charge in [-0.2, -0.15) is 0 Å². The van der Waals surface area contributed by atoms with Crippen LogP contribution in [0.3, 0.4) is 0 Å². The number of hydrogen-bond acceptors (Lipinski definition) is 3. The van der Waals surface area contributed by atoms with Gasteiger partial charge in [0.05, 0.1) is 0 Å². The molecule has 0 aromatic heterocycles. The summed E-state index contributed by atoms with van der Waals surface area (Å²) in [5.41, 5.74) is 1.84. The molecule has 2 aromatic carbocycles. The molecule has 2 heterocycles. The summed E-state index contributed by atoms with van der Waals surface area (Å²) >= 11 is 0. The summed E-state index contributed by atoms with van der Waals surface area (Å²) in [6.07, 6.45) is 6.09. The van der Waals surface area contributed by atoms with Crippen LogP contribution in [0.15, 0.2) is 54.6 Å². The van der Waals surface area contributed by atoms with Crippen molar-refractivity contribution in [3.63, 3.8) is 0 Å². The number of hydrogen-bond donors (Lipinski definition) is 1. The highest BCUT2D eigenvalue weighted by Crippen LogP contribution is 2.23. The molecule has 0 aliphatic carbocycles. The van der Waals surface area contributed by atoms with Crippen molar-refractivity contribution in [3.8, 4) is 0 Å². The lowest BCUT2D eigenvalue weighted by Gasteiger charge is -2.34. The Morgan fingerprint density at radius 2 is 1.31 bits per heavy atom. The van der Waals surface area contributed by atoms with E-state index in [2.05, 4.69) is 5.32 Å². The molecule has 2 saturated heterocycles. The maximum atomic E-state index is 12.9. The normalized spacial score (nSPS) is 17.5. The first-order chi connectivity index (χ1) is 15.6. The van der Waals surface area contributed by atoms with Crippen LogP contribution in [0.2, 0.25) is 0 Å². The quantitative estimate of drug-likeness (QED) is 0.786. The Hall–Kier alpha value is -3.15. The minimum absolute atomic E-state index is 0.0217. The summed E-state index contributed by atoms with van der Waals surface area (Å²) in [7, 11) is 0. The maximum absolute atomic E-state index is 12.9. The Labute approximate surface area is 189 Å². The van der Waals surface area contributed by atoms with E-state index in [0.29, 0.717) is 29.9 Å². The molecule has 1 N–H and O–H groups in total. The fourth-order valence-corrected chi connectivity index (χ4v) is 4.55. The van der Waals surface area contributed by atoms with Crippen LogP contribution in [0.4, 0.5) is 5.69 Å². The minimum atomic E-state index is -0.180. The van der Waals surface area contributed by atoms with E-state index in [-0.39, 0.29) is 23.6 Å². The lowest BCUT2D eigenvalue weighted by Crippen LogP contribution is -2.44. The van der Waals surface area contributed by atoms with E-state index in [1.165, 1.54) is 12.8 Å². The number of carbonyl (C=O) groups is 3. The zero-order valence-corrected chi connectivity index (χ0v) is 18.5. The molecular weight excluding hydrogens is 402 g/mol. The Morgan fingerprint density at radius 3 is 1.94 bits per heavy atom. The smallest absolute Gasteiger partial charge is 0.255 e. The highest BCUT2D eigenvalue weighted by molar-refractivity contribution is 6.04. The van der Waals surface area contributed by atoms with Gasteiger partial charge in [0.25, 0.3) is 11.8 Å². The molecule has 2 aliphatic rings. The number of nitrogens with one attached hydrogen (secondary N) is 1. The molecular formula is C26H31N3O3. The van der Waals surface area contributed by atoms with Crippen LogP contribution in [-0.4, -0.2) is 53.7 Å². The van der Waals surface area contributed by atoms with E-state index in [1.807, 2.05) is 28.0 Å². The van der Waals surface area contributed by atoms with E-state index >= 15 is 0 Å². The van der Waals surface area contributed by atoms with Crippen LogP contribution in [0.1, 0.15) is 59.2 Å². The lowest BCUT2D eigenvalue weighted by molar-refractivity contribution is -0.136. The summed E-state index contributed by atoms with van der Waals surface area (Å²) in [5, 5.41) is 2.85. The van der Waals surface area contributed by atoms with Gasteiger partial charge in [-0.1, -0.05) is 31.0 Å². The molecule has 0 unspecified atom stereocenters. The molecule has 2 fully saturated rings. The van der Waals surface area contributed by atoms with Crippen molar-refractivity contribution >= 4 is 23.4 Å². The number of nitrogens with zero attached hydrogens (tertiary/aromatic N) is 2. The van der Waals surface area contributed by atoms with Gasteiger partial charge < -0.3 is 15.1 Å². The van der Waals surface area contributed by atoms with E-state index in [0.717, 1.165) is 38.8 Å². The molecule has 0 bridgehead atoms. The fourth-order valence-electron chi connectivity index (χ4n) is 4.55. The molecule has 32 heavy (non-hydrogen) atoms. The third-order valence-electron chi connectivity index (χ3n) is 6.47. The first kappa shape index (κ1) is 22.1. The van der Waals surface area contributed by atoms with Gasteiger partial charge in [-0.3, -0.25) is 14.4 Å². The van der Waals surface area contributed by atoms with Crippen LogP contribution in [0.25, 0.3) is 0 Å². The number of rotatable bonds is 4. The molecule has 0 radical (unpaired) electrons. The predicted molar refractivity (Wildman–Crippen MR) is 125 cm³/mol. The zero-order chi connectivity index (χ0) is 22.3. The Bertz CT molecular complexity index is 927. The average molecular weight is 434 g/mol. The first-order valence-corrected chi connectivity index (χ1v) is 11.7. The largest absolute Gasteiger partial charge is 0.342 e. The monoisotopic (exact) mass is 433 g/mol. The number of anilines is 1. The van der Waals surface area contributed by atoms with Crippen LogP contribution in [-0.2, 0) is 4.79 Å². The van der Waals surface area contributed by atoms with E-state index in [9.17, 15) is 14.4 Å². The molecule has 2 aromatic rings. The molecule has 6 heteroatoms. The fraction of sp³-hybridized carbons (Fsp3) is 0.423. The minimum Gasteiger partial charge on any atom is -0.342 e. The molecule has 0 saturated carbocycles. The van der Waals surface area contributed by atoms with Crippen molar-refractivity contribution in [3.05, 3.63) is 65.7 Å². The summed E-state index contributed by atoms with van der Waals surface area (Å²) in [6, 6.07) is 16.0. The van der Waals surface area contributed by atoms with Crippen LogP contribution in [0.5, 0.6) is 0 Å². The Balaban J connectivity index is 1.29. The van der Waals surface area contributed by atoms with Gasteiger partial charge in [0.15, 0.2) is 0 Å². The van der Waals surface area contributed by atoms with Crippen molar-refractivity contribution in [2.75, 3.05) is 31.5 Å². The summed E-state index contributed by atoms with van der Waals surface area (Å²) in [4.78, 5) is 41.9.